The summed E-state index contributed by atoms with van der Waals surface area (Å²) in [7, 11) is -3.70. The topological polar surface area (TPSA) is 79.3 Å². The molecule has 1 unspecified atom stereocenters. The molecule has 0 aliphatic rings. The summed E-state index contributed by atoms with van der Waals surface area (Å²) in [5.74, 6) is 0. The molecule has 0 saturated carbocycles. The lowest BCUT2D eigenvalue weighted by Crippen LogP contribution is -2.31. The Morgan fingerprint density at radius 1 is 1.24 bits per heavy atom. The Hall–Kier alpha value is -1.76. The molecular weight excluding hydrogens is 288 g/mol. The van der Waals surface area contributed by atoms with Crippen LogP contribution < -0.4 is 4.72 Å². The number of aliphatic hydroxyl groups is 1. The number of aryl methyl sites for hydroxylation is 1. The van der Waals surface area contributed by atoms with Gasteiger partial charge in [0, 0.05) is 12.4 Å². The van der Waals surface area contributed by atoms with Crippen molar-refractivity contribution < 1.29 is 13.5 Å². The summed E-state index contributed by atoms with van der Waals surface area (Å²) in [5, 5.41) is 9.46. The zero-order valence-electron chi connectivity index (χ0n) is 11.7. The van der Waals surface area contributed by atoms with Crippen LogP contribution in [-0.4, -0.2) is 25.1 Å². The van der Waals surface area contributed by atoms with E-state index in [1.807, 2.05) is 13.0 Å². The minimum Gasteiger partial charge on any atom is -0.394 e. The molecular formula is C15H18N2O3S. The van der Waals surface area contributed by atoms with Gasteiger partial charge in [-0.2, -0.15) is 0 Å². The number of benzene rings is 1. The number of nitrogens with one attached hydrogen (secondary N) is 1. The highest BCUT2D eigenvalue weighted by Crippen LogP contribution is 2.19. The van der Waals surface area contributed by atoms with E-state index in [0.29, 0.717) is 12.0 Å². The predicted octanol–water partition coefficient (Wildman–Crippen LogP) is 1.66. The molecule has 0 fully saturated rings. The number of pyridine rings is 1. The second kappa shape index (κ2) is 6.80. The fraction of sp³-hybridized carbons (Fsp3) is 0.267. The Balaban J connectivity index is 2.32. The van der Waals surface area contributed by atoms with Crippen LogP contribution in [-0.2, 0) is 16.4 Å². The van der Waals surface area contributed by atoms with Crippen LogP contribution in [0, 0.1) is 0 Å². The number of aromatic nitrogens is 1. The van der Waals surface area contributed by atoms with Crippen LogP contribution in [0.2, 0.25) is 0 Å². The molecule has 0 bridgehead atoms. The van der Waals surface area contributed by atoms with Gasteiger partial charge in [0.05, 0.1) is 17.5 Å². The summed E-state index contributed by atoms with van der Waals surface area (Å²) in [6.07, 6.45) is 3.75. The van der Waals surface area contributed by atoms with Gasteiger partial charge in [-0.05, 0) is 29.7 Å². The van der Waals surface area contributed by atoms with Crippen molar-refractivity contribution in [3.63, 3.8) is 0 Å². The fourth-order valence-corrected chi connectivity index (χ4v) is 3.63. The Morgan fingerprint density at radius 3 is 2.62 bits per heavy atom. The van der Waals surface area contributed by atoms with Crippen molar-refractivity contribution in [1.82, 2.24) is 9.71 Å². The van der Waals surface area contributed by atoms with Gasteiger partial charge in [-0.15, -0.1) is 0 Å². The van der Waals surface area contributed by atoms with Gasteiger partial charge in [-0.25, -0.2) is 13.1 Å². The molecule has 112 valence electrons. The summed E-state index contributed by atoms with van der Waals surface area (Å²) in [6, 6.07) is 9.56. The lowest BCUT2D eigenvalue weighted by molar-refractivity contribution is 0.258. The third-order valence-electron chi connectivity index (χ3n) is 3.21. The highest BCUT2D eigenvalue weighted by atomic mass is 32.2. The molecule has 1 atom stereocenters. The second-order valence-corrected chi connectivity index (χ2v) is 6.29. The SMILES string of the molecule is CCc1ccccc1S(=O)(=O)NC(CO)c1cccnc1. The number of rotatable bonds is 6. The summed E-state index contributed by atoms with van der Waals surface area (Å²) < 4.78 is 27.6. The van der Waals surface area contributed by atoms with E-state index in [-0.39, 0.29) is 11.5 Å². The Bertz CT molecular complexity index is 687. The maximum absolute atomic E-state index is 12.5. The van der Waals surface area contributed by atoms with Crippen LogP contribution in [0.15, 0.2) is 53.7 Å². The molecule has 2 rings (SSSR count). The first kappa shape index (κ1) is 15.6. The van der Waals surface area contributed by atoms with Gasteiger partial charge >= 0.3 is 0 Å². The average Bonchev–Trinajstić information content (AvgIpc) is 2.53. The van der Waals surface area contributed by atoms with Crippen molar-refractivity contribution in [2.75, 3.05) is 6.61 Å². The maximum atomic E-state index is 12.5. The summed E-state index contributed by atoms with van der Waals surface area (Å²) in [4.78, 5) is 4.19. The monoisotopic (exact) mass is 306 g/mol. The third kappa shape index (κ3) is 3.66. The van der Waals surface area contributed by atoms with E-state index >= 15 is 0 Å². The molecule has 0 aliphatic carbocycles. The van der Waals surface area contributed by atoms with E-state index in [0.717, 1.165) is 5.56 Å². The number of nitrogens with zero attached hydrogens (tertiary/aromatic N) is 1. The van der Waals surface area contributed by atoms with Crippen molar-refractivity contribution in [1.29, 1.82) is 0 Å². The molecule has 1 aromatic carbocycles. The summed E-state index contributed by atoms with van der Waals surface area (Å²) in [5.41, 5.74) is 1.37. The quantitative estimate of drug-likeness (QED) is 0.850. The number of hydrogen-bond donors (Lipinski definition) is 2. The second-order valence-electron chi connectivity index (χ2n) is 4.60. The zero-order valence-corrected chi connectivity index (χ0v) is 12.5. The molecule has 1 heterocycles. The largest absolute Gasteiger partial charge is 0.394 e. The highest BCUT2D eigenvalue weighted by molar-refractivity contribution is 7.89. The molecule has 21 heavy (non-hydrogen) atoms. The van der Waals surface area contributed by atoms with Crippen LogP contribution >= 0.6 is 0 Å². The molecule has 0 saturated heterocycles. The van der Waals surface area contributed by atoms with E-state index in [9.17, 15) is 13.5 Å². The number of sulfonamides is 1. The molecule has 0 amide bonds. The first-order valence-electron chi connectivity index (χ1n) is 6.69. The average molecular weight is 306 g/mol. The number of hydrogen-bond acceptors (Lipinski definition) is 4. The first-order chi connectivity index (χ1) is 10.1. The molecule has 1 aromatic heterocycles. The van der Waals surface area contributed by atoms with Crippen LogP contribution in [0.3, 0.4) is 0 Å². The lowest BCUT2D eigenvalue weighted by atomic mass is 10.1. The first-order valence-corrected chi connectivity index (χ1v) is 8.17. The predicted molar refractivity (Wildman–Crippen MR) is 80.2 cm³/mol. The Kier molecular flexibility index (Phi) is 5.06. The van der Waals surface area contributed by atoms with Crippen LogP contribution in [0.4, 0.5) is 0 Å². The molecule has 5 nitrogen and oxygen atoms in total. The lowest BCUT2D eigenvalue weighted by Gasteiger charge is -2.17. The van der Waals surface area contributed by atoms with E-state index < -0.39 is 16.1 Å². The smallest absolute Gasteiger partial charge is 0.241 e. The number of aliphatic hydroxyl groups excluding tert-OH is 1. The third-order valence-corrected chi connectivity index (χ3v) is 4.78. The molecule has 6 heteroatoms. The zero-order chi connectivity index (χ0) is 15.3. The standard InChI is InChI=1S/C15H18N2O3S/c1-2-12-6-3-4-8-15(12)21(19,20)17-14(11-18)13-7-5-9-16-10-13/h3-10,14,17-18H,2,11H2,1H3. The van der Waals surface area contributed by atoms with Crippen molar-refractivity contribution in [3.8, 4) is 0 Å². The fourth-order valence-electron chi connectivity index (χ4n) is 2.10. The minimum atomic E-state index is -3.70. The van der Waals surface area contributed by atoms with Gasteiger partial charge in [0.15, 0.2) is 0 Å². The van der Waals surface area contributed by atoms with Gasteiger partial charge in [0.1, 0.15) is 0 Å². The van der Waals surface area contributed by atoms with Gasteiger partial charge in [-0.1, -0.05) is 31.2 Å². The van der Waals surface area contributed by atoms with Crippen molar-refractivity contribution >= 4 is 10.0 Å². The van der Waals surface area contributed by atoms with Gasteiger partial charge < -0.3 is 5.11 Å². The molecule has 2 aromatic rings. The highest BCUT2D eigenvalue weighted by Gasteiger charge is 2.22. The Morgan fingerprint density at radius 2 is 2.00 bits per heavy atom. The van der Waals surface area contributed by atoms with Crippen molar-refractivity contribution in [2.24, 2.45) is 0 Å². The molecule has 0 aliphatic heterocycles. The van der Waals surface area contributed by atoms with E-state index in [2.05, 4.69) is 9.71 Å². The van der Waals surface area contributed by atoms with Gasteiger partial charge in [0.25, 0.3) is 0 Å². The van der Waals surface area contributed by atoms with Crippen molar-refractivity contribution in [2.45, 2.75) is 24.3 Å². The van der Waals surface area contributed by atoms with Crippen LogP contribution in [0.1, 0.15) is 24.1 Å². The minimum absolute atomic E-state index is 0.245. The van der Waals surface area contributed by atoms with E-state index in [1.54, 1.807) is 36.5 Å². The van der Waals surface area contributed by atoms with Crippen LogP contribution in [0.25, 0.3) is 0 Å². The van der Waals surface area contributed by atoms with Crippen LogP contribution in [0.5, 0.6) is 0 Å². The molecule has 2 N–H and O–H groups in total. The molecule has 0 radical (unpaired) electrons. The van der Waals surface area contributed by atoms with Gasteiger partial charge in [0.2, 0.25) is 10.0 Å². The van der Waals surface area contributed by atoms with E-state index in [1.165, 1.54) is 6.20 Å². The van der Waals surface area contributed by atoms with E-state index in [4.69, 9.17) is 0 Å². The van der Waals surface area contributed by atoms with Crippen molar-refractivity contribution in [3.05, 3.63) is 59.9 Å². The maximum Gasteiger partial charge on any atom is 0.241 e. The normalized spacial score (nSPS) is 13.0. The Labute approximate surface area is 124 Å². The summed E-state index contributed by atoms with van der Waals surface area (Å²) >= 11 is 0. The molecule has 0 spiro atoms. The summed E-state index contributed by atoms with van der Waals surface area (Å²) in [6.45, 7) is 1.57. The van der Waals surface area contributed by atoms with Gasteiger partial charge in [-0.3, -0.25) is 4.98 Å².